The van der Waals surface area contributed by atoms with E-state index in [4.69, 9.17) is 0 Å². The van der Waals surface area contributed by atoms with Crippen LogP contribution < -0.4 is 0 Å². The van der Waals surface area contributed by atoms with E-state index >= 15 is 0 Å². The standard InChI is InChI=1S/C19H26O/c20-19(13-15-7-3-1-2-4-8-15)18-12-11-16-9-5-6-10-17(16)14-18/h5-6,9-10,15,18H,1-4,7-8,11-14H2. The maximum Gasteiger partial charge on any atom is 0.136 e. The second-order valence-electron chi connectivity index (χ2n) is 6.74. The van der Waals surface area contributed by atoms with Gasteiger partial charge in [-0.15, -0.1) is 0 Å². The van der Waals surface area contributed by atoms with Crippen molar-refractivity contribution in [3.05, 3.63) is 35.4 Å². The molecule has 0 N–H and O–H groups in total. The van der Waals surface area contributed by atoms with E-state index in [0.717, 1.165) is 25.7 Å². The first-order valence-corrected chi connectivity index (χ1v) is 8.42. The lowest BCUT2D eigenvalue weighted by Crippen LogP contribution is -2.24. The highest BCUT2D eigenvalue weighted by atomic mass is 16.1. The second-order valence-corrected chi connectivity index (χ2v) is 6.74. The highest BCUT2D eigenvalue weighted by Crippen LogP contribution is 2.31. The molecule has 2 aliphatic carbocycles. The molecule has 1 aromatic rings. The monoisotopic (exact) mass is 270 g/mol. The largest absolute Gasteiger partial charge is 0.299 e. The third-order valence-electron chi connectivity index (χ3n) is 5.27. The number of hydrogen-bond acceptors (Lipinski definition) is 1. The van der Waals surface area contributed by atoms with Gasteiger partial charge >= 0.3 is 0 Å². The fraction of sp³-hybridized carbons (Fsp3) is 0.632. The molecular formula is C19H26O. The van der Waals surface area contributed by atoms with Gasteiger partial charge in [0, 0.05) is 12.3 Å². The van der Waals surface area contributed by atoms with E-state index in [0.29, 0.717) is 17.6 Å². The summed E-state index contributed by atoms with van der Waals surface area (Å²) in [5.41, 5.74) is 2.88. The molecule has 1 atom stereocenters. The number of benzene rings is 1. The van der Waals surface area contributed by atoms with Gasteiger partial charge in [-0.05, 0) is 36.3 Å². The summed E-state index contributed by atoms with van der Waals surface area (Å²) in [6.07, 6.45) is 12.0. The molecule has 0 bridgehead atoms. The minimum Gasteiger partial charge on any atom is -0.299 e. The summed E-state index contributed by atoms with van der Waals surface area (Å²) in [6, 6.07) is 8.66. The molecule has 0 radical (unpaired) electrons. The Morgan fingerprint density at radius 3 is 2.40 bits per heavy atom. The number of hydrogen-bond donors (Lipinski definition) is 0. The normalized spacial score (nSPS) is 23.9. The molecule has 1 saturated carbocycles. The zero-order chi connectivity index (χ0) is 13.8. The number of carbonyl (C=O) groups is 1. The zero-order valence-corrected chi connectivity index (χ0v) is 12.4. The van der Waals surface area contributed by atoms with Gasteiger partial charge in [-0.1, -0.05) is 62.8 Å². The first-order valence-electron chi connectivity index (χ1n) is 8.42. The van der Waals surface area contributed by atoms with Crippen LogP contribution in [0.1, 0.15) is 62.5 Å². The van der Waals surface area contributed by atoms with Crippen molar-refractivity contribution in [2.45, 2.75) is 64.2 Å². The highest BCUT2D eigenvalue weighted by Gasteiger charge is 2.26. The van der Waals surface area contributed by atoms with Crippen LogP contribution in [0, 0.1) is 11.8 Å². The van der Waals surface area contributed by atoms with Crippen LogP contribution in [0.4, 0.5) is 0 Å². The van der Waals surface area contributed by atoms with Gasteiger partial charge in [0.05, 0.1) is 0 Å². The molecule has 1 aromatic carbocycles. The van der Waals surface area contributed by atoms with Crippen molar-refractivity contribution in [3.8, 4) is 0 Å². The first kappa shape index (κ1) is 13.9. The van der Waals surface area contributed by atoms with Gasteiger partial charge < -0.3 is 0 Å². The molecule has 1 heteroatoms. The molecule has 1 unspecified atom stereocenters. The van der Waals surface area contributed by atoms with Gasteiger partial charge in [-0.25, -0.2) is 0 Å². The van der Waals surface area contributed by atoms with E-state index in [1.165, 1.54) is 49.7 Å². The van der Waals surface area contributed by atoms with Gasteiger partial charge in [0.2, 0.25) is 0 Å². The summed E-state index contributed by atoms with van der Waals surface area (Å²) in [4.78, 5) is 12.6. The van der Waals surface area contributed by atoms with Crippen molar-refractivity contribution < 1.29 is 4.79 Å². The fourth-order valence-electron chi connectivity index (χ4n) is 3.99. The van der Waals surface area contributed by atoms with Gasteiger partial charge in [0.1, 0.15) is 5.78 Å². The molecule has 0 aromatic heterocycles. The van der Waals surface area contributed by atoms with Gasteiger partial charge in [-0.3, -0.25) is 4.79 Å². The highest BCUT2D eigenvalue weighted by molar-refractivity contribution is 5.81. The molecule has 0 amide bonds. The van der Waals surface area contributed by atoms with Crippen molar-refractivity contribution in [1.29, 1.82) is 0 Å². The average Bonchev–Trinajstić information content (AvgIpc) is 2.75. The number of carbonyl (C=O) groups excluding carboxylic acids is 1. The van der Waals surface area contributed by atoms with Crippen molar-refractivity contribution in [2.75, 3.05) is 0 Å². The Hall–Kier alpha value is -1.11. The van der Waals surface area contributed by atoms with Crippen LogP contribution in [0.2, 0.25) is 0 Å². The Bertz CT molecular complexity index is 455. The van der Waals surface area contributed by atoms with Crippen LogP contribution in [-0.2, 0) is 17.6 Å². The Labute approximate surface area is 122 Å². The van der Waals surface area contributed by atoms with Crippen LogP contribution in [-0.4, -0.2) is 5.78 Å². The van der Waals surface area contributed by atoms with E-state index in [2.05, 4.69) is 24.3 Å². The minimum absolute atomic E-state index is 0.299. The van der Waals surface area contributed by atoms with Crippen molar-refractivity contribution in [3.63, 3.8) is 0 Å². The van der Waals surface area contributed by atoms with Crippen LogP contribution in [0.15, 0.2) is 24.3 Å². The molecule has 0 spiro atoms. The van der Waals surface area contributed by atoms with E-state index < -0.39 is 0 Å². The molecule has 0 aliphatic heterocycles. The van der Waals surface area contributed by atoms with Crippen LogP contribution in [0.5, 0.6) is 0 Å². The van der Waals surface area contributed by atoms with E-state index in [1.54, 1.807) is 0 Å². The molecule has 0 saturated heterocycles. The Kier molecular flexibility index (Phi) is 4.54. The Morgan fingerprint density at radius 1 is 0.950 bits per heavy atom. The van der Waals surface area contributed by atoms with Crippen molar-refractivity contribution >= 4 is 5.78 Å². The number of Topliss-reactive ketones (excluding diaryl/α,β-unsaturated/α-hetero) is 1. The SMILES string of the molecule is O=C(CC1CCCCCC1)C1CCc2ccccc2C1. The summed E-state index contributed by atoms with van der Waals surface area (Å²) < 4.78 is 0. The topological polar surface area (TPSA) is 17.1 Å². The predicted octanol–water partition coefficient (Wildman–Crippen LogP) is 4.72. The average molecular weight is 270 g/mol. The van der Waals surface area contributed by atoms with Gasteiger partial charge in [0.15, 0.2) is 0 Å². The summed E-state index contributed by atoms with van der Waals surface area (Å²) >= 11 is 0. The second kappa shape index (κ2) is 6.56. The third-order valence-corrected chi connectivity index (χ3v) is 5.27. The fourth-order valence-corrected chi connectivity index (χ4v) is 3.99. The molecular weight excluding hydrogens is 244 g/mol. The van der Waals surface area contributed by atoms with Gasteiger partial charge in [-0.2, -0.15) is 0 Å². The van der Waals surface area contributed by atoms with E-state index in [-0.39, 0.29) is 0 Å². The van der Waals surface area contributed by atoms with Crippen LogP contribution in [0.3, 0.4) is 0 Å². The Balaban J connectivity index is 1.58. The zero-order valence-electron chi connectivity index (χ0n) is 12.4. The van der Waals surface area contributed by atoms with E-state index in [9.17, 15) is 4.79 Å². The molecule has 0 heterocycles. The summed E-state index contributed by atoms with van der Waals surface area (Å²) in [6.45, 7) is 0. The van der Waals surface area contributed by atoms with Crippen LogP contribution in [0.25, 0.3) is 0 Å². The lowest BCUT2D eigenvalue weighted by molar-refractivity contribution is -0.124. The number of aryl methyl sites for hydroxylation is 1. The molecule has 2 aliphatic rings. The summed E-state index contributed by atoms with van der Waals surface area (Å²) in [5.74, 6) is 1.53. The van der Waals surface area contributed by atoms with Gasteiger partial charge in [0.25, 0.3) is 0 Å². The van der Waals surface area contributed by atoms with E-state index in [1.807, 2.05) is 0 Å². The smallest absolute Gasteiger partial charge is 0.136 e. The molecule has 1 fully saturated rings. The minimum atomic E-state index is 0.299. The third kappa shape index (κ3) is 3.31. The maximum atomic E-state index is 12.6. The number of rotatable bonds is 3. The molecule has 20 heavy (non-hydrogen) atoms. The first-order chi connectivity index (χ1) is 9.83. The molecule has 1 nitrogen and oxygen atoms in total. The number of ketones is 1. The molecule has 108 valence electrons. The lowest BCUT2D eigenvalue weighted by Gasteiger charge is -2.25. The Morgan fingerprint density at radius 2 is 1.65 bits per heavy atom. The predicted molar refractivity (Wildman–Crippen MR) is 82.8 cm³/mol. The number of fused-ring (bicyclic) bond motifs is 1. The van der Waals surface area contributed by atoms with Crippen LogP contribution >= 0.6 is 0 Å². The lowest BCUT2D eigenvalue weighted by atomic mass is 9.79. The summed E-state index contributed by atoms with van der Waals surface area (Å²) in [7, 11) is 0. The van der Waals surface area contributed by atoms with Crippen molar-refractivity contribution in [1.82, 2.24) is 0 Å². The maximum absolute atomic E-state index is 12.6. The van der Waals surface area contributed by atoms with Crippen molar-refractivity contribution in [2.24, 2.45) is 11.8 Å². The quantitative estimate of drug-likeness (QED) is 0.726. The summed E-state index contributed by atoms with van der Waals surface area (Å²) in [5, 5.41) is 0. The molecule has 3 rings (SSSR count).